The van der Waals surface area contributed by atoms with Crippen LogP contribution in [0.4, 0.5) is 5.69 Å². The molecular weight excluding hydrogens is 344 g/mol. The molecule has 1 aromatic heterocycles. The van der Waals surface area contributed by atoms with Gasteiger partial charge < -0.3 is 19.3 Å². The van der Waals surface area contributed by atoms with E-state index < -0.39 is 0 Å². The molecule has 3 heterocycles. The number of carbonyl (C=O) groups is 1. The summed E-state index contributed by atoms with van der Waals surface area (Å²) >= 11 is 0. The molecule has 142 valence electrons. The van der Waals surface area contributed by atoms with Crippen molar-refractivity contribution in [2.24, 2.45) is 0 Å². The second kappa shape index (κ2) is 7.92. The standard InChI is InChI=1S/C20H24N4O3/c1-15-2-7-19(22-21-15)27-18-8-9-24(14-18)20(25)16-3-5-17(6-4-16)23-10-12-26-13-11-23/h2-7,18H,8-14H2,1H3/t18-/m1/s1. The highest BCUT2D eigenvalue weighted by atomic mass is 16.5. The Hall–Kier alpha value is -2.67. The maximum atomic E-state index is 12.8. The van der Waals surface area contributed by atoms with E-state index in [2.05, 4.69) is 15.1 Å². The molecule has 1 amide bonds. The van der Waals surface area contributed by atoms with Gasteiger partial charge in [-0.3, -0.25) is 4.79 Å². The molecule has 7 nitrogen and oxygen atoms in total. The van der Waals surface area contributed by atoms with Crippen LogP contribution in [-0.2, 0) is 4.74 Å². The first-order chi connectivity index (χ1) is 13.2. The minimum Gasteiger partial charge on any atom is -0.471 e. The van der Waals surface area contributed by atoms with Crippen LogP contribution in [0.15, 0.2) is 36.4 Å². The van der Waals surface area contributed by atoms with Crippen LogP contribution in [0.2, 0.25) is 0 Å². The number of rotatable bonds is 4. The summed E-state index contributed by atoms with van der Waals surface area (Å²) < 4.78 is 11.2. The van der Waals surface area contributed by atoms with Gasteiger partial charge in [-0.25, -0.2) is 0 Å². The molecule has 27 heavy (non-hydrogen) atoms. The second-order valence-electron chi connectivity index (χ2n) is 6.94. The molecular formula is C20H24N4O3. The lowest BCUT2D eigenvalue weighted by molar-refractivity contribution is 0.0771. The van der Waals surface area contributed by atoms with Gasteiger partial charge in [0, 0.05) is 43.4 Å². The molecule has 2 aliphatic rings. The van der Waals surface area contributed by atoms with Crippen LogP contribution in [0.3, 0.4) is 0 Å². The molecule has 0 radical (unpaired) electrons. The van der Waals surface area contributed by atoms with Crippen molar-refractivity contribution < 1.29 is 14.3 Å². The van der Waals surface area contributed by atoms with E-state index in [0.29, 0.717) is 24.5 Å². The van der Waals surface area contributed by atoms with E-state index in [4.69, 9.17) is 9.47 Å². The van der Waals surface area contributed by atoms with E-state index >= 15 is 0 Å². The van der Waals surface area contributed by atoms with Gasteiger partial charge in [0.25, 0.3) is 5.91 Å². The number of nitrogens with zero attached hydrogens (tertiary/aromatic N) is 4. The maximum Gasteiger partial charge on any atom is 0.253 e. The van der Waals surface area contributed by atoms with Crippen LogP contribution in [0.25, 0.3) is 0 Å². The molecule has 0 bridgehead atoms. The molecule has 0 aliphatic carbocycles. The minimum absolute atomic E-state index is 0.0430. The van der Waals surface area contributed by atoms with Crippen LogP contribution in [0.5, 0.6) is 5.88 Å². The Morgan fingerprint density at radius 2 is 1.85 bits per heavy atom. The Morgan fingerprint density at radius 3 is 2.56 bits per heavy atom. The van der Waals surface area contributed by atoms with Crippen molar-refractivity contribution in [3.05, 3.63) is 47.7 Å². The van der Waals surface area contributed by atoms with Gasteiger partial charge >= 0.3 is 0 Å². The van der Waals surface area contributed by atoms with Crippen LogP contribution < -0.4 is 9.64 Å². The summed E-state index contributed by atoms with van der Waals surface area (Å²) in [6.45, 7) is 6.42. The Bertz CT molecular complexity index is 773. The number of ether oxygens (including phenoxy) is 2. The van der Waals surface area contributed by atoms with Gasteiger partial charge in [-0.1, -0.05) is 0 Å². The van der Waals surface area contributed by atoms with Crippen LogP contribution in [0, 0.1) is 6.92 Å². The van der Waals surface area contributed by atoms with E-state index in [1.54, 1.807) is 0 Å². The minimum atomic E-state index is -0.0430. The first kappa shape index (κ1) is 17.7. The Labute approximate surface area is 158 Å². The number of carbonyl (C=O) groups excluding carboxylic acids is 1. The average molecular weight is 368 g/mol. The number of morpholine rings is 1. The first-order valence-electron chi connectivity index (χ1n) is 9.38. The first-order valence-corrected chi connectivity index (χ1v) is 9.38. The third-order valence-electron chi connectivity index (χ3n) is 4.98. The van der Waals surface area contributed by atoms with Gasteiger partial charge in [0.1, 0.15) is 6.10 Å². The molecule has 0 N–H and O–H groups in total. The lowest BCUT2D eigenvalue weighted by Gasteiger charge is -2.29. The number of aromatic nitrogens is 2. The van der Waals surface area contributed by atoms with Gasteiger partial charge in [0.15, 0.2) is 0 Å². The van der Waals surface area contributed by atoms with Crippen molar-refractivity contribution >= 4 is 11.6 Å². The van der Waals surface area contributed by atoms with E-state index in [0.717, 1.165) is 44.1 Å². The number of hydrogen-bond acceptors (Lipinski definition) is 6. The van der Waals surface area contributed by atoms with Crippen molar-refractivity contribution in [2.75, 3.05) is 44.3 Å². The number of anilines is 1. The zero-order chi connectivity index (χ0) is 18.6. The summed E-state index contributed by atoms with van der Waals surface area (Å²) in [5.41, 5.74) is 2.70. The summed E-state index contributed by atoms with van der Waals surface area (Å²) in [4.78, 5) is 16.9. The zero-order valence-corrected chi connectivity index (χ0v) is 15.5. The summed E-state index contributed by atoms with van der Waals surface area (Å²) in [6, 6.07) is 11.5. The predicted molar refractivity (Wildman–Crippen MR) is 101 cm³/mol. The average Bonchev–Trinajstić information content (AvgIpc) is 3.18. The van der Waals surface area contributed by atoms with Gasteiger partial charge in [-0.05, 0) is 37.3 Å². The van der Waals surface area contributed by atoms with Crippen LogP contribution in [-0.4, -0.2) is 66.5 Å². The monoisotopic (exact) mass is 368 g/mol. The van der Waals surface area contributed by atoms with Crippen molar-refractivity contribution in [1.82, 2.24) is 15.1 Å². The highest BCUT2D eigenvalue weighted by Gasteiger charge is 2.28. The highest BCUT2D eigenvalue weighted by molar-refractivity contribution is 5.94. The van der Waals surface area contributed by atoms with Crippen molar-refractivity contribution in [3.63, 3.8) is 0 Å². The molecule has 1 aromatic carbocycles. The molecule has 1 atom stereocenters. The maximum absolute atomic E-state index is 12.8. The Morgan fingerprint density at radius 1 is 1.07 bits per heavy atom. The topological polar surface area (TPSA) is 67.8 Å². The Balaban J connectivity index is 1.34. The third kappa shape index (κ3) is 4.19. The summed E-state index contributed by atoms with van der Waals surface area (Å²) in [5, 5.41) is 8.04. The SMILES string of the molecule is Cc1ccc(O[C@@H]2CCN(C(=O)c3ccc(N4CCOCC4)cc3)C2)nn1. The van der Waals surface area contributed by atoms with Crippen molar-refractivity contribution in [3.8, 4) is 5.88 Å². The summed E-state index contributed by atoms with van der Waals surface area (Å²) in [6.07, 6.45) is 0.756. The van der Waals surface area contributed by atoms with E-state index in [1.165, 1.54) is 0 Å². The summed E-state index contributed by atoms with van der Waals surface area (Å²) in [7, 11) is 0. The molecule has 0 unspecified atom stereocenters. The smallest absolute Gasteiger partial charge is 0.253 e. The van der Waals surface area contributed by atoms with Gasteiger partial charge in [0.05, 0.1) is 25.5 Å². The van der Waals surface area contributed by atoms with Crippen molar-refractivity contribution in [1.29, 1.82) is 0 Å². The normalized spacial score (nSPS) is 20.0. The number of likely N-dealkylation sites (tertiary alicyclic amines) is 1. The van der Waals surface area contributed by atoms with Gasteiger partial charge in [0.2, 0.25) is 5.88 Å². The lowest BCUT2D eigenvalue weighted by atomic mass is 10.1. The highest BCUT2D eigenvalue weighted by Crippen LogP contribution is 2.21. The van der Waals surface area contributed by atoms with E-state index in [1.807, 2.05) is 48.2 Å². The fourth-order valence-electron chi connectivity index (χ4n) is 3.45. The number of aryl methyl sites for hydroxylation is 1. The molecule has 0 saturated carbocycles. The molecule has 2 aliphatic heterocycles. The fraction of sp³-hybridized carbons (Fsp3) is 0.450. The van der Waals surface area contributed by atoms with E-state index in [9.17, 15) is 4.79 Å². The molecule has 0 spiro atoms. The largest absolute Gasteiger partial charge is 0.471 e. The molecule has 4 rings (SSSR count). The molecule has 2 fully saturated rings. The number of amides is 1. The number of benzene rings is 1. The second-order valence-corrected chi connectivity index (χ2v) is 6.94. The molecule has 7 heteroatoms. The fourth-order valence-corrected chi connectivity index (χ4v) is 3.45. The molecule has 2 saturated heterocycles. The van der Waals surface area contributed by atoms with Gasteiger partial charge in [-0.2, -0.15) is 5.10 Å². The number of hydrogen-bond donors (Lipinski definition) is 0. The van der Waals surface area contributed by atoms with Crippen LogP contribution >= 0.6 is 0 Å². The quantitative estimate of drug-likeness (QED) is 0.821. The molecule has 2 aromatic rings. The Kier molecular flexibility index (Phi) is 5.20. The van der Waals surface area contributed by atoms with Gasteiger partial charge in [-0.15, -0.1) is 5.10 Å². The van der Waals surface area contributed by atoms with Crippen LogP contribution in [0.1, 0.15) is 22.5 Å². The lowest BCUT2D eigenvalue weighted by Crippen LogP contribution is -2.36. The van der Waals surface area contributed by atoms with Crippen molar-refractivity contribution in [2.45, 2.75) is 19.4 Å². The van der Waals surface area contributed by atoms with E-state index in [-0.39, 0.29) is 12.0 Å². The third-order valence-corrected chi connectivity index (χ3v) is 4.98. The predicted octanol–water partition coefficient (Wildman–Crippen LogP) is 1.92. The zero-order valence-electron chi connectivity index (χ0n) is 15.5. The summed E-state index contributed by atoms with van der Waals surface area (Å²) in [5.74, 6) is 0.555.